The Hall–Kier alpha value is -1.57. The second-order valence-electron chi connectivity index (χ2n) is 3.09. The van der Waals surface area contributed by atoms with Crippen molar-refractivity contribution in [2.45, 2.75) is 19.1 Å². The number of nitrogens with zero attached hydrogens (tertiary/aromatic N) is 1. The second-order valence-corrected chi connectivity index (χ2v) is 3.09. The number of nitriles is 1. The minimum Gasteiger partial charge on any atom is -0.399 e. The topological polar surface area (TPSA) is 96.1 Å². The van der Waals surface area contributed by atoms with Gasteiger partial charge in [-0.05, 0) is 23.3 Å². The number of nitrogens with two attached hydrogens (primary N) is 2. The lowest BCUT2D eigenvalue weighted by atomic mass is 9.99. The van der Waals surface area contributed by atoms with E-state index in [1.54, 1.807) is 18.2 Å². The van der Waals surface area contributed by atoms with Gasteiger partial charge in [-0.2, -0.15) is 5.26 Å². The smallest absolute Gasteiger partial charge is 0.0685 e. The maximum Gasteiger partial charge on any atom is 0.0685 e. The van der Waals surface area contributed by atoms with Crippen molar-refractivity contribution < 1.29 is 5.11 Å². The Morgan fingerprint density at radius 3 is 2.79 bits per heavy atom. The summed E-state index contributed by atoms with van der Waals surface area (Å²) in [5, 5.41) is 17.6. The quantitative estimate of drug-likeness (QED) is 0.612. The van der Waals surface area contributed by atoms with E-state index in [9.17, 15) is 0 Å². The monoisotopic (exact) mass is 191 g/mol. The fourth-order valence-electron chi connectivity index (χ4n) is 1.33. The molecule has 0 heterocycles. The summed E-state index contributed by atoms with van der Waals surface area (Å²) in [5.74, 6) is 0. The fourth-order valence-corrected chi connectivity index (χ4v) is 1.33. The number of nitrogen functional groups attached to an aromatic ring is 1. The number of anilines is 1. The molecule has 0 aromatic heterocycles. The summed E-state index contributed by atoms with van der Waals surface area (Å²) in [6.07, 6.45) is 0.233. The highest BCUT2D eigenvalue weighted by Gasteiger charge is 2.10. The van der Waals surface area contributed by atoms with Crippen LogP contribution in [0, 0.1) is 11.3 Å². The third-order valence-electron chi connectivity index (χ3n) is 2.05. The van der Waals surface area contributed by atoms with Crippen LogP contribution < -0.4 is 11.5 Å². The molecule has 0 radical (unpaired) electrons. The molecule has 1 rings (SSSR count). The molecule has 0 spiro atoms. The zero-order chi connectivity index (χ0) is 10.6. The third-order valence-corrected chi connectivity index (χ3v) is 2.05. The van der Waals surface area contributed by atoms with Gasteiger partial charge in [-0.15, -0.1) is 0 Å². The maximum atomic E-state index is 9.07. The highest BCUT2D eigenvalue weighted by molar-refractivity contribution is 5.45. The highest BCUT2D eigenvalue weighted by Crippen LogP contribution is 2.21. The lowest BCUT2D eigenvalue weighted by Crippen LogP contribution is -2.12. The van der Waals surface area contributed by atoms with E-state index in [1.807, 2.05) is 6.07 Å². The zero-order valence-corrected chi connectivity index (χ0v) is 7.77. The van der Waals surface area contributed by atoms with Gasteiger partial charge in [-0.3, -0.25) is 0 Å². The van der Waals surface area contributed by atoms with Crippen LogP contribution in [-0.2, 0) is 6.61 Å². The number of aliphatic hydroxyl groups is 1. The van der Waals surface area contributed by atoms with E-state index in [4.69, 9.17) is 21.8 Å². The number of benzene rings is 1. The molecule has 74 valence electrons. The molecule has 1 unspecified atom stereocenters. The summed E-state index contributed by atoms with van der Waals surface area (Å²) in [4.78, 5) is 0. The predicted molar refractivity (Wildman–Crippen MR) is 53.9 cm³/mol. The Kier molecular flexibility index (Phi) is 3.46. The Balaban J connectivity index is 3.02. The number of rotatable bonds is 3. The van der Waals surface area contributed by atoms with Crippen molar-refractivity contribution in [1.29, 1.82) is 5.26 Å². The van der Waals surface area contributed by atoms with Crippen LogP contribution >= 0.6 is 0 Å². The molecule has 4 heteroatoms. The molecule has 1 atom stereocenters. The Bertz CT molecular complexity index is 357. The van der Waals surface area contributed by atoms with Gasteiger partial charge < -0.3 is 16.6 Å². The summed E-state index contributed by atoms with van der Waals surface area (Å²) in [6, 6.07) is 6.78. The van der Waals surface area contributed by atoms with Crippen LogP contribution in [0.25, 0.3) is 0 Å². The first kappa shape index (κ1) is 10.5. The van der Waals surface area contributed by atoms with Crippen molar-refractivity contribution in [3.8, 4) is 6.07 Å². The molecule has 0 fully saturated rings. The van der Waals surface area contributed by atoms with Gasteiger partial charge in [-0.25, -0.2) is 0 Å². The highest BCUT2D eigenvalue weighted by atomic mass is 16.3. The SMILES string of the molecule is N#CCC(N)c1ccc(N)cc1CO. The van der Waals surface area contributed by atoms with Crippen molar-refractivity contribution in [3.05, 3.63) is 29.3 Å². The molecule has 0 saturated heterocycles. The Labute approximate surface area is 82.8 Å². The van der Waals surface area contributed by atoms with E-state index in [0.29, 0.717) is 11.3 Å². The van der Waals surface area contributed by atoms with Gasteiger partial charge in [0, 0.05) is 11.7 Å². The summed E-state index contributed by atoms with van der Waals surface area (Å²) < 4.78 is 0. The molecule has 0 aliphatic rings. The zero-order valence-electron chi connectivity index (χ0n) is 7.77. The molecular weight excluding hydrogens is 178 g/mol. The number of hydrogen-bond acceptors (Lipinski definition) is 4. The van der Waals surface area contributed by atoms with Crippen molar-refractivity contribution in [2.75, 3.05) is 5.73 Å². The van der Waals surface area contributed by atoms with Gasteiger partial charge in [0.15, 0.2) is 0 Å². The number of hydrogen-bond donors (Lipinski definition) is 3. The minimum atomic E-state index is -0.359. The molecule has 0 amide bonds. The van der Waals surface area contributed by atoms with Crippen LogP contribution in [0.15, 0.2) is 18.2 Å². The van der Waals surface area contributed by atoms with Crippen molar-refractivity contribution in [1.82, 2.24) is 0 Å². The molecular formula is C10H13N3O. The largest absolute Gasteiger partial charge is 0.399 e. The summed E-state index contributed by atoms with van der Waals surface area (Å²) in [6.45, 7) is -0.112. The first-order valence-corrected chi connectivity index (χ1v) is 4.30. The first-order chi connectivity index (χ1) is 6.69. The molecule has 0 bridgehead atoms. The summed E-state index contributed by atoms with van der Waals surface area (Å²) in [5.41, 5.74) is 13.4. The summed E-state index contributed by atoms with van der Waals surface area (Å²) in [7, 11) is 0. The molecule has 14 heavy (non-hydrogen) atoms. The van der Waals surface area contributed by atoms with E-state index in [0.717, 1.165) is 5.56 Å². The predicted octanol–water partition coefficient (Wildman–Crippen LogP) is 0.675. The average molecular weight is 191 g/mol. The van der Waals surface area contributed by atoms with Crippen molar-refractivity contribution in [2.24, 2.45) is 5.73 Å². The van der Waals surface area contributed by atoms with Gasteiger partial charge in [0.2, 0.25) is 0 Å². The van der Waals surface area contributed by atoms with Crippen LogP contribution in [0.2, 0.25) is 0 Å². The lowest BCUT2D eigenvalue weighted by Gasteiger charge is -2.12. The van der Waals surface area contributed by atoms with Gasteiger partial charge in [0.05, 0.1) is 19.1 Å². The van der Waals surface area contributed by atoms with Gasteiger partial charge in [0.1, 0.15) is 0 Å². The third kappa shape index (κ3) is 2.22. The lowest BCUT2D eigenvalue weighted by molar-refractivity contribution is 0.280. The molecule has 0 aliphatic carbocycles. The molecule has 1 aromatic carbocycles. The van der Waals surface area contributed by atoms with E-state index in [1.165, 1.54) is 0 Å². The van der Waals surface area contributed by atoms with Crippen molar-refractivity contribution in [3.63, 3.8) is 0 Å². The molecule has 0 aliphatic heterocycles. The Morgan fingerprint density at radius 2 is 2.21 bits per heavy atom. The second kappa shape index (κ2) is 4.61. The maximum absolute atomic E-state index is 9.07. The van der Waals surface area contributed by atoms with Crippen LogP contribution in [0.3, 0.4) is 0 Å². The van der Waals surface area contributed by atoms with E-state index in [2.05, 4.69) is 0 Å². The fraction of sp³-hybridized carbons (Fsp3) is 0.300. The van der Waals surface area contributed by atoms with Crippen LogP contribution in [0.5, 0.6) is 0 Å². The van der Waals surface area contributed by atoms with Gasteiger partial charge in [0.25, 0.3) is 0 Å². The van der Waals surface area contributed by atoms with Crippen LogP contribution in [0.4, 0.5) is 5.69 Å². The van der Waals surface area contributed by atoms with Crippen molar-refractivity contribution >= 4 is 5.69 Å². The number of aliphatic hydroxyl groups excluding tert-OH is 1. The van der Waals surface area contributed by atoms with Gasteiger partial charge >= 0.3 is 0 Å². The normalized spacial score (nSPS) is 12.1. The standard InChI is InChI=1S/C10H13N3O/c11-4-3-10(13)9-2-1-8(12)5-7(9)6-14/h1-2,5,10,14H,3,6,12-13H2. The van der Waals surface area contributed by atoms with Crippen LogP contribution in [0.1, 0.15) is 23.6 Å². The summed E-state index contributed by atoms with van der Waals surface area (Å²) >= 11 is 0. The molecule has 1 aromatic rings. The van der Waals surface area contributed by atoms with E-state index < -0.39 is 0 Å². The Morgan fingerprint density at radius 1 is 1.50 bits per heavy atom. The molecule has 4 nitrogen and oxygen atoms in total. The average Bonchev–Trinajstić information content (AvgIpc) is 2.17. The van der Waals surface area contributed by atoms with Crippen LogP contribution in [-0.4, -0.2) is 5.11 Å². The first-order valence-electron chi connectivity index (χ1n) is 4.30. The minimum absolute atomic E-state index is 0.112. The molecule has 0 saturated carbocycles. The van der Waals surface area contributed by atoms with E-state index >= 15 is 0 Å². The van der Waals surface area contributed by atoms with E-state index in [-0.39, 0.29) is 19.1 Å². The van der Waals surface area contributed by atoms with Gasteiger partial charge in [-0.1, -0.05) is 6.07 Å². The molecule has 5 N–H and O–H groups in total.